The lowest BCUT2D eigenvalue weighted by Crippen LogP contribution is -2.09. The molecule has 106 valence electrons. The van der Waals surface area contributed by atoms with E-state index in [0.717, 1.165) is 5.75 Å². The summed E-state index contributed by atoms with van der Waals surface area (Å²) in [6, 6.07) is 10.0. The first kappa shape index (κ1) is 14.4. The molecule has 1 N–H and O–H groups in total. The van der Waals surface area contributed by atoms with E-state index in [1.54, 1.807) is 25.7 Å². The fraction of sp³-hybridized carbons (Fsp3) is 0.308. The van der Waals surface area contributed by atoms with Gasteiger partial charge in [0.2, 0.25) is 5.82 Å². The average molecular weight is 292 g/mol. The third kappa shape index (κ3) is 3.30. The number of benzene rings is 1. The predicted molar refractivity (Wildman–Crippen MR) is 80.3 cm³/mol. The number of anilines is 1. The third-order valence-corrected chi connectivity index (χ3v) is 3.79. The highest BCUT2D eigenvalue weighted by molar-refractivity contribution is 7.99. The van der Waals surface area contributed by atoms with Crippen LogP contribution in [0.25, 0.3) is 0 Å². The van der Waals surface area contributed by atoms with Crippen molar-refractivity contribution in [3.8, 4) is 0 Å². The Kier molecular flexibility index (Phi) is 4.62. The van der Waals surface area contributed by atoms with Gasteiger partial charge < -0.3 is 5.32 Å². The number of hydrogen-bond acceptors (Lipinski definition) is 5. The van der Waals surface area contributed by atoms with Gasteiger partial charge in [0.1, 0.15) is 5.69 Å². The van der Waals surface area contributed by atoms with Crippen LogP contribution >= 0.6 is 11.8 Å². The van der Waals surface area contributed by atoms with Crippen LogP contribution in [0.1, 0.15) is 5.69 Å². The summed E-state index contributed by atoms with van der Waals surface area (Å²) in [5.41, 5.74) is 0.480. The van der Waals surface area contributed by atoms with Crippen LogP contribution in [0.3, 0.4) is 0 Å². The van der Waals surface area contributed by atoms with Gasteiger partial charge in [-0.15, -0.1) is 11.8 Å². The van der Waals surface area contributed by atoms with Crippen molar-refractivity contribution in [1.82, 2.24) is 9.78 Å². The molecule has 1 aromatic heterocycles. The minimum atomic E-state index is -0.394. The second kappa shape index (κ2) is 6.42. The van der Waals surface area contributed by atoms with Crippen molar-refractivity contribution in [3.05, 3.63) is 46.1 Å². The number of nitro groups is 1. The Morgan fingerprint density at radius 2 is 2.10 bits per heavy atom. The molecule has 0 fully saturated rings. The molecule has 0 radical (unpaired) electrons. The molecule has 0 saturated carbocycles. The van der Waals surface area contributed by atoms with Gasteiger partial charge in [-0.2, -0.15) is 5.10 Å². The smallest absolute Gasteiger partial charge is 0.333 e. The molecular formula is C13H16N4O2S. The lowest BCUT2D eigenvalue weighted by Gasteiger charge is -2.06. The predicted octanol–water partition coefficient (Wildman–Crippen LogP) is 2.84. The van der Waals surface area contributed by atoms with Crippen molar-refractivity contribution in [2.45, 2.75) is 11.8 Å². The second-order valence-corrected chi connectivity index (χ2v) is 5.42. The van der Waals surface area contributed by atoms with Gasteiger partial charge in [-0.1, -0.05) is 18.2 Å². The molecule has 6 nitrogen and oxygen atoms in total. The summed E-state index contributed by atoms with van der Waals surface area (Å²) in [5, 5.41) is 18.2. The van der Waals surface area contributed by atoms with Crippen LogP contribution in [-0.2, 0) is 7.05 Å². The molecule has 0 aliphatic heterocycles. The zero-order valence-electron chi connectivity index (χ0n) is 11.4. The van der Waals surface area contributed by atoms with Gasteiger partial charge in [-0.25, -0.2) is 4.68 Å². The molecule has 2 aromatic rings. The summed E-state index contributed by atoms with van der Waals surface area (Å²) >= 11 is 1.70. The summed E-state index contributed by atoms with van der Waals surface area (Å²) in [6.07, 6.45) is 0. The largest absolute Gasteiger partial charge is 0.364 e. The molecule has 0 amide bonds. The molecular weight excluding hydrogens is 276 g/mol. The van der Waals surface area contributed by atoms with Crippen LogP contribution in [0.2, 0.25) is 0 Å². The summed E-state index contributed by atoms with van der Waals surface area (Å²) in [7, 11) is 1.70. The van der Waals surface area contributed by atoms with E-state index in [2.05, 4.69) is 10.4 Å². The Morgan fingerprint density at radius 1 is 1.40 bits per heavy atom. The first-order valence-corrected chi connectivity index (χ1v) is 7.18. The summed E-state index contributed by atoms with van der Waals surface area (Å²) < 4.78 is 1.51. The lowest BCUT2D eigenvalue weighted by atomic mass is 10.4. The summed E-state index contributed by atoms with van der Waals surface area (Å²) in [5.74, 6) is 1.28. The standard InChI is InChI=1S/C13H16N4O2S/c1-10-12(17(18)19)13(16(2)15-10)14-8-9-20-11-6-4-3-5-7-11/h3-7,14H,8-9H2,1-2H3. The minimum Gasteiger partial charge on any atom is -0.364 e. The van der Waals surface area contributed by atoms with E-state index in [9.17, 15) is 10.1 Å². The minimum absolute atomic E-state index is 0.0530. The van der Waals surface area contributed by atoms with E-state index in [-0.39, 0.29) is 5.69 Å². The van der Waals surface area contributed by atoms with E-state index in [1.165, 1.54) is 9.58 Å². The Hall–Kier alpha value is -2.02. The van der Waals surface area contributed by atoms with E-state index >= 15 is 0 Å². The number of rotatable bonds is 6. The van der Waals surface area contributed by atoms with Crippen LogP contribution in [0.4, 0.5) is 11.5 Å². The monoisotopic (exact) mass is 292 g/mol. The lowest BCUT2D eigenvalue weighted by molar-refractivity contribution is -0.384. The Morgan fingerprint density at radius 3 is 2.75 bits per heavy atom. The highest BCUT2D eigenvalue weighted by Gasteiger charge is 2.23. The molecule has 2 rings (SSSR count). The van der Waals surface area contributed by atoms with Gasteiger partial charge in [0.15, 0.2) is 0 Å². The number of aryl methyl sites for hydroxylation is 2. The molecule has 0 bridgehead atoms. The Labute approximate surface area is 121 Å². The zero-order valence-corrected chi connectivity index (χ0v) is 12.2. The van der Waals surface area contributed by atoms with Crippen LogP contribution < -0.4 is 5.32 Å². The quantitative estimate of drug-likeness (QED) is 0.383. The van der Waals surface area contributed by atoms with Crippen LogP contribution in [-0.4, -0.2) is 27.0 Å². The summed E-state index contributed by atoms with van der Waals surface area (Å²) in [4.78, 5) is 11.8. The first-order chi connectivity index (χ1) is 9.59. The topological polar surface area (TPSA) is 73.0 Å². The van der Waals surface area contributed by atoms with Gasteiger partial charge in [0.25, 0.3) is 0 Å². The van der Waals surface area contributed by atoms with Gasteiger partial charge in [-0.05, 0) is 19.1 Å². The normalized spacial score (nSPS) is 10.5. The number of aromatic nitrogens is 2. The van der Waals surface area contributed by atoms with Crippen molar-refractivity contribution >= 4 is 23.3 Å². The molecule has 0 spiro atoms. The van der Waals surface area contributed by atoms with E-state index < -0.39 is 4.92 Å². The Bertz CT molecular complexity index is 598. The molecule has 0 unspecified atom stereocenters. The molecule has 0 atom stereocenters. The summed E-state index contributed by atoms with van der Waals surface area (Å²) in [6.45, 7) is 2.28. The van der Waals surface area contributed by atoms with Gasteiger partial charge >= 0.3 is 5.69 Å². The zero-order chi connectivity index (χ0) is 14.5. The molecule has 0 saturated heterocycles. The SMILES string of the molecule is Cc1nn(C)c(NCCSc2ccccc2)c1[N+](=O)[O-]. The van der Waals surface area contributed by atoms with Crippen molar-refractivity contribution < 1.29 is 4.92 Å². The fourth-order valence-electron chi connectivity index (χ4n) is 1.92. The molecule has 0 aliphatic carbocycles. The molecule has 0 aliphatic rings. The fourth-order valence-corrected chi connectivity index (χ4v) is 2.71. The van der Waals surface area contributed by atoms with E-state index in [1.807, 2.05) is 30.3 Å². The molecule has 1 aromatic carbocycles. The number of nitrogens with one attached hydrogen (secondary N) is 1. The maximum absolute atomic E-state index is 11.0. The molecule has 20 heavy (non-hydrogen) atoms. The maximum Gasteiger partial charge on any atom is 0.333 e. The molecule has 1 heterocycles. The molecule has 7 heteroatoms. The van der Waals surface area contributed by atoms with Gasteiger partial charge in [-0.3, -0.25) is 10.1 Å². The number of hydrogen-bond donors (Lipinski definition) is 1. The van der Waals surface area contributed by atoms with Crippen LogP contribution in [0.15, 0.2) is 35.2 Å². The van der Waals surface area contributed by atoms with Crippen LogP contribution in [0.5, 0.6) is 0 Å². The van der Waals surface area contributed by atoms with E-state index in [4.69, 9.17) is 0 Å². The Balaban J connectivity index is 1.93. The third-order valence-electron chi connectivity index (χ3n) is 2.78. The first-order valence-electron chi connectivity index (χ1n) is 6.19. The van der Waals surface area contributed by atoms with Crippen LogP contribution in [0, 0.1) is 17.0 Å². The van der Waals surface area contributed by atoms with Gasteiger partial charge in [0.05, 0.1) is 4.92 Å². The van der Waals surface area contributed by atoms with E-state index in [0.29, 0.717) is 18.1 Å². The van der Waals surface area contributed by atoms with Crippen molar-refractivity contribution in [1.29, 1.82) is 0 Å². The highest BCUT2D eigenvalue weighted by atomic mass is 32.2. The second-order valence-electron chi connectivity index (χ2n) is 4.25. The maximum atomic E-state index is 11.0. The van der Waals surface area contributed by atoms with Crippen molar-refractivity contribution in [2.24, 2.45) is 7.05 Å². The number of nitrogens with zero attached hydrogens (tertiary/aromatic N) is 3. The van der Waals surface area contributed by atoms with Crippen molar-refractivity contribution in [2.75, 3.05) is 17.6 Å². The highest BCUT2D eigenvalue weighted by Crippen LogP contribution is 2.27. The average Bonchev–Trinajstić information content (AvgIpc) is 2.70. The number of thioether (sulfide) groups is 1. The van der Waals surface area contributed by atoms with Crippen molar-refractivity contribution in [3.63, 3.8) is 0 Å². The van der Waals surface area contributed by atoms with Gasteiger partial charge in [0, 0.05) is 24.2 Å².